The van der Waals surface area contributed by atoms with E-state index < -0.39 is 10.8 Å². The van der Waals surface area contributed by atoms with Gasteiger partial charge in [-0.25, -0.2) is 4.98 Å². The zero-order chi connectivity index (χ0) is 13.1. The molecule has 18 heavy (non-hydrogen) atoms. The van der Waals surface area contributed by atoms with Crippen molar-refractivity contribution >= 4 is 39.5 Å². The van der Waals surface area contributed by atoms with Gasteiger partial charge >= 0.3 is 5.00 Å². The number of anilines is 1. The number of amides is 1. The number of nitrogens with one attached hydrogen (secondary N) is 1. The molecule has 0 unspecified atom stereocenters. The number of hydrogen-bond donors (Lipinski definition) is 1. The summed E-state index contributed by atoms with van der Waals surface area (Å²) >= 11 is 6.58. The number of pyridine rings is 1. The lowest BCUT2D eigenvalue weighted by Gasteiger charge is -2.03. The van der Waals surface area contributed by atoms with E-state index in [0.29, 0.717) is 5.69 Å². The topological polar surface area (TPSA) is 85.1 Å². The van der Waals surface area contributed by atoms with Gasteiger partial charge in [0.15, 0.2) is 5.15 Å². The largest absolute Gasteiger partial charge is 0.324 e. The predicted molar refractivity (Wildman–Crippen MR) is 68.2 cm³/mol. The van der Waals surface area contributed by atoms with Crippen LogP contribution in [-0.2, 0) is 0 Å². The molecule has 0 aliphatic carbocycles. The van der Waals surface area contributed by atoms with Crippen LogP contribution >= 0.6 is 22.9 Å². The van der Waals surface area contributed by atoms with E-state index in [1.165, 1.54) is 18.3 Å². The summed E-state index contributed by atoms with van der Waals surface area (Å²) in [6.45, 7) is 0. The molecule has 0 bridgehead atoms. The van der Waals surface area contributed by atoms with Crippen LogP contribution in [0.4, 0.5) is 10.7 Å². The van der Waals surface area contributed by atoms with Crippen molar-refractivity contribution in [2.45, 2.75) is 0 Å². The van der Waals surface area contributed by atoms with E-state index in [9.17, 15) is 14.9 Å². The summed E-state index contributed by atoms with van der Waals surface area (Å²) in [5, 5.41) is 13.1. The SMILES string of the molecule is O=C(Nc1cccnc1Cl)c1ccc([N+](=O)[O-])s1. The van der Waals surface area contributed by atoms with Crippen LogP contribution in [0.3, 0.4) is 0 Å². The quantitative estimate of drug-likeness (QED) is 0.533. The lowest BCUT2D eigenvalue weighted by Crippen LogP contribution is -2.10. The molecule has 8 heteroatoms. The van der Waals surface area contributed by atoms with E-state index in [4.69, 9.17) is 11.6 Å². The fourth-order valence-corrected chi connectivity index (χ4v) is 2.09. The number of carbonyl (C=O) groups is 1. The average molecular weight is 284 g/mol. The van der Waals surface area contributed by atoms with E-state index in [0.717, 1.165) is 11.3 Å². The fraction of sp³-hybridized carbons (Fsp3) is 0. The highest BCUT2D eigenvalue weighted by molar-refractivity contribution is 7.17. The smallest absolute Gasteiger partial charge is 0.319 e. The highest BCUT2D eigenvalue weighted by Gasteiger charge is 2.16. The molecule has 2 heterocycles. The summed E-state index contributed by atoms with van der Waals surface area (Å²) in [6.07, 6.45) is 1.49. The van der Waals surface area contributed by atoms with Gasteiger partial charge in [0.05, 0.1) is 15.5 Å². The first-order valence-corrected chi connectivity index (χ1v) is 5.93. The Morgan fingerprint density at radius 1 is 1.44 bits per heavy atom. The van der Waals surface area contributed by atoms with Crippen LogP contribution in [0.5, 0.6) is 0 Å². The molecular formula is C10H6ClN3O3S. The number of hydrogen-bond acceptors (Lipinski definition) is 5. The second-order valence-corrected chi connectivity index (χ2v) is 4.61. The molecule has 0 aromatic carbocycles. The minimum Gasteiger partial charge on any atom is -0.319 e. The molecule has 6 nitrogen and oxygen atoms in total. The highest BCUT2D eigenvalue weighted by atomic mass is 35.5. The minimum absolute atomic E-state index is 0.0857. The van der Waals surface area contributed by atoms with Crippen LogP contribution in [-0.4, -0.2) is 15.8 Å². The van der Waals surface area contributed by atoms with E-state index in [1.54, 1.807) is 12.1 Å². The van der Waals surface area contributed by atoms with Crippen LogP contribution in [0.1, 0.15) is 9.67 Å². The maximum atomic E-state index is 11.8. The molecule has 0 atom stereocenters. The van der Waals surface area contributed by atoms with Crippen molar-refractivity contribution in [3.63, 3.8) is 0 Å². The Hall–Kier alpha value is -1.99. The normalized spacial score (nSPS) is 10.1. The summed E-state index contributed by atoms with van der Waals surface area (Å²) in [6, 6.07) is 5.89. The number of thiophene rings is 1. The van der Waals surface area contributed by atoms with Gasteiger partial charge in [-0.2, -0.15) is 0 Å². The van der Waals surface area contributed by atoms with Gasteiger partial charge in [0, 0.05) is 12.3 Å². The summed E-state index contributed by atoms with van der Waals surface area (Å²) in [7, 11) is 0. The van der Waals surface area contributed by atoms with Crippen molar-refractivity contribution in [1.82, 2.24) is 4.98 Å². The van der Waals surface area contributed by atoms with Crippen molar-refractivity contribution in [3.05, 3.63) is 50.6 Å². The minimum atomic E-state index is -0.543. The number of aromatic nitrogens is 1. The summed E-state index contributed by atoms with van der Waals surface area (Å²) in [4.78, 5) is 25.8. The van der Waals surface area contributed by atoms with Gasteiger partial charge in [0.25, 0.3) is 5.91 Å². The lowest BCUT2D eigenvalue weighted by molar-refractivity contribution is -0.380. The first-order chi connectivity index (χ1) is 8.58. The molecular weight excluding hydrogens is 278 g/mol. The summed E-state index contributed by atoms with van der Waals surface area (Å²) in [5.74, 6) is -0.456. The molecule has 0 fully saturated rings. The van der Waals surface area contributed by atoms with E-state index in [1.807, 2.05) is 0 Å². The molecule has 0 saturated carbocycles. The Kier molecular flexibility index (Phi) is 3.54. The molecule has 1 N–H and O–H groups in total. The third-order valence-corrected chi connectivity index (χ3v) is 3.34. The molecule has 2 aromatic rings. The van der Waals surface area contributed by atoms with Gasteiger partial charge in [-0.1, -0.05) is 22.9 Å². The van der Waals surface area contributed by atoms with E-state index in [-0.39, 0.29) is 15.0 Å². The first-order valence-electron chi connectivity index (χ1n) is 4.74. The molecule has 2 rings (SSSR count). The number of rotatable bonds is 3. The van der Waals surface area contributed by atoms with Crippen molar-refractivity contribution in [2.75, 3.05) is 5.32 Å². The number of halogens is 1. The molecule has 0 spiro atoms. The maximum absolute atomic E-state index is 11.8. The molecule has 0 aliphatic heterocycles. The Morgan fingerprint density at radius 2 is 2.22 bits per heavy atom. The van der Waals surface area contributed by atoms with Crippen LogP contribution in [0.25, 0.3) is 0 Å². The van der Waals surface area contributed by atoms with Crippen LogP contribution in [0.15, 0.2) is 30.5 Å². The van der Waals surface area contributed by atoms with Crippen molar-refractivity contribution in [2.24, 2.45) is 0 Å². The van der Waals surface area contributed by atoms with Gasteiger partial charge in [-0.15, -0.1) is 0 Å². The zero-order valence-corrected chi connectivity index (χ0v) is 10.4. The lowest BCUT2D eigenvalue weighted by atomic mass is 10.4. The summed E-state index contributed by atoms with van der Waals surface area (Å²) in [5.41, 5.74) is 0.361. The molecule has 92 valence electrons. The monoisotopic (exact) mass is 283 g/mol. The number of nitro groups is 1. The molecule has 0 radical (unpaired) electrons. The average Bonchev–Trinajstić information content (AvgIpc) is 2.81. The molecule has 2 aromatic heterocycles. The van der Waals surface area contributed by atoms with Gasteiger partial charge in [-0.05, 0) is 18.2 Å². The van der Waals surface area contributed by atoms with Gasteiger partial charge < -0.3 is 5.32 Å². The second kappa shape index (κ2) is 5.11. The third-order valence-electron chi connectivity index (χ3n) is 2.00. The zero-order valence-electron chi connectivity index (χ0n) is 8.79. The van der Waals surface area contributed by atoms with Crippen LogP contribution in [0.2, 0.25) is 5.15 Å². The molecule has 0 saturated heterocycles. The van der Waals surface area contributed by atoms with Crippen LogP contribution in [0, 0.1) is 10.1 Å². The fourth-order valence-electron chi connectivity index (χ4n) is 1.21. The first kappa shape index (κ1) is 12.5. The maximum Gasteiger partial charge on any atom is 0.324 e. The van der Waals surface area contributed by atoms with E-state index >= 15 is 0 Å². The Balaban J connectivity index is 2.17. The van der Waals surface area contributed by atoms with Gasteiger partial charge in [0.1, 0.15) is 0 Å². The van der Waals surface area contributed by atoms with Crippen molar-refractivity contribution < 1.29 is 9.72 Å². The standard InChI is InChI=1S/C10H6ClN3O3S/c11-9-6(2-1-5-12-9)13-10(15)7-3-4-8(18-7)14(16)17/h1-5H,(H,13,15). The Morgan fingerprint density at radius 3 is 2.83 bits per heavy atom. The van der Waals surface area contributed by atoms with Crippen molar-refractivity contribution in [3.8, 4) is 0 Å². The number of carbonyl (C=O) groups excluding carboxylic acids is 1. The summed E-state index contributed by atoms with van der Waals surface area (Å²) < 4.78 is 0. The highest BCUT2D eigenvalue weighted by Crippen LogP contribution is 2.25. The van der Waals surface area contributed by atoms with Crippen molar-refractivity contribution in [1.29, 1.82) is 0 Å². The Bertz CT molecular complexity index is 614. The van der Waals surface area contributed by atoms with Gasteiger partial charge in [0.2, 0.25) is 0 Å². The molecule has 1 amide bonds. The second-order valence-electron chi connectivity index (χ2n) is 3.19. The van der Waals surface area contributed by atoms with Crippen LogP contribution < -0.4 is 5.32 Å². The Labute approximate surface area is 110 Å². The van der Waals surface area contributed by atoms with Gasteiger partial charge in [-0.3, -0.25) is 14.9 Å². The predicted octanol–water partition coefficient (Wildman–Crippen LogP) is 2.96. The number of nitrogens with zero attached hydrogens (tertiary/aromatic N) is 2. The third kappa shape index (κ3) is 2.63. The molecule has 0 aliphatic rings. The van der Waals surface area contributed by atoms with E-state index in [2.05, 4.69) is 10.3 Å².